The number of hydrogen-bond acceptors (Lipinski definition) is 4. The van der Waals surface area contributed by atoms with Crippen LogP contribution in [0, 0.1) is 5.92 Å². The van der Waals surface area contributed by atoms with Crippen LogP contribution >= 0.6 is 0 Å². The van der Waals surface area contributed by atoms with Gasteiger partial charge in [0.15, 0.2) is 6.10 Å². The van der Waals surface area contributed by atoms with E-state index in [9.17, 15) is 9.90 Å². The highest BCUT2D eigenvalue weighted by Crippen LogP contribution is 2.37. The summed E-state index contributed by atoms with van der Waals surface area (Å²) in [7, 11) is 1.72. The third kappa shape index (κ3) is 2.51. The molecule has 0 aliphatic carbocycles. The molecule has 0 radical (unpaired) electrons. The maximum atomic E-state index is 12.3. The molecule has 110 valence electrons. The molecule has 0 bridgehead atoms. The van der Waals surface area contributed by atoms with E-state index in [4.69, 9.17) is 10.5 Å². The van der Waals surface area contributed by atoms with Gasteiger partial charge in [-0.3, -0.25) is 4.79 Å². The second kappa shape index (κ2) is 5.42. The fourth-order valence-corrected chi connectivity index (χ4v) is 2.30. The summed E-state index contributed by atoms with van der Waals surface area (Å²) in [4.78, 5) is 13.8. The van der Waals surface area contributed by atoms with Crippen LogP contribution in [0.2, 0.25) is 0 Å². The van der Waals surface area contributed by atoms with Gasteiger partial charge in [0, 0.05) is 13.1 Å². The fourth-order valence-electron chi connectivity index (χ4n) is 2.30. The summed E-state index contributed by atoms with van der Waals surface area (Å²) in [5.41, 5.74) is 7.06. The van der Waals surface area contributed by atoms with Crippen molar-refractivity contribution in [2.45, 2.75) is 39.0 Å². The number of rotatable bonds is 3. The van der Waals surface area contributed by atoms with Crippen molar-refractivity contribution in [3.8, 4) is 5.75 Å². The average Bonchev–Trinajstić information content (AvgIpc) is 2.41. The smallest absolute Gasteiger partial charge is 0.268 e. The quantitative estimate of drug-likeness (QED) is 0.877. The van der Waals surface area contributed by atoms with Crippen LogP contribution < -0.4 is 15.4 Å². The number of nitrogens with zero attached hydrogens (tertiary/aromatic N) is 1. The number of fused-ring (bicyclic) bond motifs is 1. The number of benzene rings is 1. The second-order valence-corrected chi connectivity index (χ2v) is 5.71. The zero-order valence-electron chi connectivity index (χ0n) is 12.3. The van der Waals surface area contributed by atoms with Crippen LogP contribution in [0.3, 0.4) is 0 Å². The minimum Gasteiger partial charge on any atom is -0.478 e. The highest BCUT2D eigenvalue weighted by Gasteiger charge is 2.34. The fraction of sp³-hybridized carbons (Fsp3) is 0.533. The molecule has 2 rings (SSSR count). The maximum absolute atomic E-state index is 12.3. The van der Waals surface area contributed by atoms with E-state index >= 15 is 0 Å². The minimum atomic E-state index is -0.758. The molecule has 5 heteroatoms. The number of likely N-dealkylation sites (N-methyl/N-ethyl adjacent to an activating group) is 1. The standard InChI is InChI=1S/C15H22N2O3/c1-8(2)14-15(19)17(4)11-7-10(13(18)9(3)16)5-6-12(11)20-14/h5-9,13-14,18H,16H2,1-4H3. The second-order valence-electron chi connectivity index (χ2n) is 5.71. The van der Waals surface area contributed by atoms with Crippen LogP contribution in [-0.4, -0.2) is 30.2 Å². The van der Waals surface area contributed by atoms with E-state index in [0.717, 1.165) is 0 Å². The molecule has 20 heavy (non-hydrogen) atoms. The first-order valence-corrected chi connectivity index (χ1v) is 6.84. The average molecular weight is 278 g/mol. The molecule has 0 saturated heterocycles. The molecular weight excluding hydrogens is 256 g/mol. The van der Waals surface area contributed by atoms with Crippen molar-refractivity contribution < 1.29 is 14.6 Å². The third-order valence-electron chi connectivity index (χ3n) is 3.62. The van der Waals surface area contributed by atoms with Crippen LogP contribution in [0.1, 0.15) is 32.4 Å². The van der Waals surface area contributed by atoms with Crippen molar-refractivity contribution in [2.75, 3.05) is 11.9 Å². The third-order valence-corrected chi connectivity index (χ3v) is 3.62. The van der Waals surface area contributed by atoms with Gasteiger partial charge in [0.1, 0.15) is 5.75 Å². The van der Waals surface area contributed by atoms with Gasteiger partial charge in [-0.25, -0.2) is 0 Å². The van der Waals surface area contributed by atoms with Crippen LogP contribution in [0.5, 0.6) is 5.75 Å². The van der Waals surface area contributed by atoms with Crippen LogP contribution in [-0.2, 0) is 4.79 Å². The van der Waals surface area contributed by atoms with Crippen molar-refractivity contribution in [3.05, 3.63) is 23.8 Å². The lowest BCUT2D eigenvalue weighted by molar-refractivity contribution is -0.127. The first kappa shape index (κ1) is 14.8. The van der Waals surface area contributed by atoms with Gasteiger partial charge in [0.05, 0.1) is 11.8 Å². The molecule has 3 N–H and O–H groups in total. The number of anilines is 1. The lowest BCUT2D eigenvalue weighted by atomic mass is 10.00. The van der Waals surface area contributed by atoms with Gasteiger partial charge in [-0.05, 0) is 30.5 Å². The molecule has 0 fully saturated rings. The Morgan fingerprint density at radius 2 is 2.00 bits per heavy atom. The summed E-state index contributed by atoms with van der Waals surface area (Å²) in [6.07, 6.45) is -1.22. The van der Waals surface area contributed by atoms with Gasteiger partial charge < -0.3 is 20.5 Å². The van der Waals surface area contributed by atoms with Crippen molar-refractivity contribution in [1.82, 2.24) is 0 Å². The lowest BCUT2D eigenvalue weighted by Crippen LogP contribution is -2.46. The summed E-state index contributed by atoms with van der Waals surface area (Å²) in [6, 6.07) is 4.96. The number of aliphatic hydroxyl groups is 1. The normalized spacial score (nSPS) is 21.4. The largest absolute Gasteiger partial charge is 0.478 e. The van der Waals surface area contributed by atoms with Crippen molar-refractivity contribution >= 4 is 11.6 Å². The molecule has 3 unspecified atom stereocenters. The number of aliphatic hydroxyl groups excluding tert-OH is 1. The molecule has 0 aromatic heterocycles. The highest BCUT2D eigenvalue weighted by molar-refractivity contribution is 5.99. The predicted molar refractivity (Wildman–Crippen MR) is 77.7 cm³/mol. The zero-order valence-corrected chi connectivity index (χ0v) is 12.3. The lowest BCUT2D eigenvalue weighted by Gasteiger charge is -2.34. The van der Waals surface area contributed by atoms with Crippen molar-refractivity contribution in [3.63, 3.8) is 0 Å². The molecule has 0 spiro atoms. The van der Waals surface area contributed by atoms with E-state index in [1.54, 1.807) is 37.1 Å². The van der Waals surface area contributed by atoms with Gasteiger partial charge in [0.2, 0.25) is 0 Å². The summed E-state index contributed by atoms with van der Waals surface area (Å²) < 4.78 is 5.77. The van der Waals surface area contributed by atoms with Crippen molar-refractivity contribution in [2.24, 2.45) is 11.7 Å². The van der Waals surface area contributed by atoms with Crippen LogP contribution in [0.15, 0.2) is 18.2 Å². The number of ether oxygens (including phenoxy) is 1. The zero-order chi connectivity index (χ0) is 15.0. The van der Waals surface area contributed by atoms with Crippen molar-refractivity contribution in [1.29, 1.82) is 0 Å². The van der Waals surface area contributed by atoms with Gasteiger partial charge in [-0.15, -0.1) is 0 Å². The summed E-state index contributed by atoms with van der Waals surface area (Å²) in [5, 5.41) is 10.0. The minimum absolute atomic E-state index is 0.0695. The molecule has 1 aromatic carbocycles. The Labute approximate surface area is 119 Å². The molecule has 5 nitrogen and oxygen atoms in total. The van der Waals surface area contributed by atoms with Gasteiger partial charge in [-0.1, -0.05) is 19.9 Å². The Kier molecular flexibility index (Phi) is 4.01. The van der Waals surface area contributed by atoms with Crippen LogP contribution in [0.4, 0.5) is 5.69 Å². The maximum Gasteiger partial charge on any atom is 0.268 e. The Morgan fingerprint density at radius 1 is 1.35 bits per heavy atom. The number of hydrogen-bond donors (Lipinski definition) is 2. The molecule has 0 saturated carbocycles. The van der Waals surface area contributed by atoms with Gasteiger partial charge in [-0.2, -0.15) is 0 Å². The molecule has 1 amide bonds. The topological polar surface area (TPSA) is 75.8 Å². The first-order valence-electron chi connectivity index (χ1n) is 6.84. The Bertz CT molecular complexity index is 514. The van der Waals surface area contributed by atoms with Crippen LogP contribution in [0.25, 0.3) is 0 Å². The van der Waals surface area contributed by atoms with E-state index in [1.807, 2.05) is 13.8 Å². The number of amides is 1. The Balaban J connectivity index is 2.39. The Hall–Kier alpha value is -1.59. The molecule has 1 aliphatic rings. The van der Waals surface area contributed by atoms with E-state index in [1.165, 1.54) is 0 Å². The summed E-state index contributed by atoms with van der Waals surface area (Å²) >= 11 is 0. The van der Waals surface area contributed by atoms with Gasteiger partial charge >= 0.3 is 0 Å². The van der Waals surface area contributed by atoms with Gasteiger partial charge in [0.25, 0.3) is 5.91 Å². The molecule has 1 aliphatic heterocycles. The highest BCUT2D eigenvalue weighted by atomic mass is 16.5. The van der Waals surface area contributed by atoms with E-state index in [2.05, 4.69) is 0 Å². The number of carbonyl (C=O) groups excluding carboxylic acids is 1. The molecule has 1 aromatic rings. The number of nitrogens with two attached hydrogens (primary N) is 1. The SMILES string of the molecule is CC(C)C1Oc2ccc(C(O)C(C)N)cc2N(C)C1=O. The summed E-state index contributed by atoms with van der Waals surface area (Å²) in [6.45, 7) is 5.65. The van der Waals surface area contributed by atoms with E-state index in [-0.39, 0.29) is 17.9 Å². The summed E-state index contributed by atoms with van der Waals surface area (Å²) in [5.74, 6) is 0.693. The van der Waals surface area contributed by atoms with E-state index in [0.29, 0.717) is 17.0 Å². The molecule has 3 atom stereocenters. The number of carbonyl (C=O) groups is 1. The van der Waals surface area contributed by atoms with E-state index < -0.39 is 12.2 Å². The molecular formula is C15H22N2O3. The molecule has 1 heterocycles. The predicted octanol–water partition coefficient (Wildman–Crippen LogP) is 1.45. The monoisotopic (exact) mass is 278 g/mol. The Morgan fingerprint density at radius 3 is 2.55 bits per heavy atom. The first-order chi connectivity index (χ1) is 9.32.